The SMILES string of the molecule is C=CCCCCCCC(CCCC(F)(F)C(F)(F)F)C(=O)OCC. The fourth-order valence-corrected chi connectivity index (χ4v) is 2.39. The van der Waals surface area contributed by atoms with Crippen LogP contribution in [0.15, 0.2) is 12.7 Å². The average Bonchev–Trinajstić information content (AvgIpc) is 2.47. The Balaban J connectivity index is 4.32. The molecule has 0 rings (SSSR count). The van der Waals surface area contributed by atoms with Crippen molar-refractivity contribution in [1.29, 1.82) is 0 Å². The van der Waals surface area contributed by atoms with Crippen molar-refractivity contribution in [2.24, 2.45) is 5.92 Å². The van der Waals surface area contributed by atoms with Crippen LogP contribution in [-0.2, 0) is 9.53 Å². The summed E-state index contributed by atoms with van der Waals surface area (Å²) in [5.74, 6) is -5.84. The maximum Gasteiger partial charge on any atom is 0.453 e. The first kappa shape index (κ1) is 22.9. The van der Waals surface area contributed by atoms with Crippen LogP contribution < -0.4 is 0 Å². The fraction of sp³-hybridized carbons (Fsp3) is 0.824. The maximum atomic E-state index is 12.9. The van der Waals surface area contributed by atoms with Crippen LogP contribution >= 0.6 is 0 Å². The lowest BCUT2D eigenvalue weighted by molar-refractivity contribution is -0.284. The molecular weight excluding hydrogens is 331 g/mol. The number of allylic oxidation sites excluding steroid dienone is 1. The van der Waals surface area contributed by atoms with Crippen LogP contribution in [-0.4, -0.2) is 24.7 Å². The lowest BCUT2D eigenvalue weighted by atomic mass is 9.94. The third kappa shape index (κ3) is 9.23. The van der Waals surface area contributed by atoms with Crippen LogP contribution in [0.2, 0.25) is 0 Å². The smallest absolute Gasteiger partial charge is 0.453 e. The standard InChI is InChI=1S/C17H27F5O2/c1-3-5-6-7-8-9-11-14(15(23)24-4-2)12-10-13-16(18,19)17(20,21)22/h3,14H,1,4-13H2,2H3. The van der Waals surface area contributed by atoms with Crippen molar-refractivity contribution < 1.29 is 31.5 Å². The minimum Gasteiger partial charge on any atom is -0.466 e. The van der Waals surface area contributed by atoms with Crippen LogP contribution in [0.1, 0.15) is 64.7 Å². The Morgan fingerprint density at radius 1 is 1.04 bits per heavy atom. The first-order valence-electron chi connectivity index (χ1n) is 8.37. The van der Waals surface area contributed by atoms with E-state index in [1.807, 2.05) is 6.08 Å². The van der Waals surface area contributed by atoms with Crippen LogP contribution in [0.25, 0.3) is 0 Å². The van der Waals surface area contributed by atoms with E-state index in [1.54, 1.807) is 6.92 Å². The Labute approximate surface area is 140 Å². The Hall–Kier alpha value is -1.14. The molecule has 0 saturated heterocycles. The summed E-state index contributed by atoms with van der Waals surface area (Å²) in [6.07, 6.45) is -0.495. The summed E-state index contributed by atoms with van der Waals surface area (Å²) in [4.78, 5) is 11.8. The van der Waals surface area contributed by atoms with Crippen molar-refractivity contribution in [2.45, 2.75) is 76.8 Å². The third-order valence-electron chi connectivity index (χ3n) is 3.79. The number of unbranched alkanes of at least 4 members (excludes halogenated alkanes) is 4. The van der Waals surface area contributed by atoms with Crippen LogP contribution in [0, 0.1) is 5.92 Å². The van der Waals surface area contributed by atoms with Gasteiger partial charge >= 0.3 is 18.1 Å². The van der Waals surface area contributed by atoms with Crippen LogP contribution in [0.4, 0.5) is 22.0 Å². The van der Waals surface area contributed by atoms with Crippen molar-refractivity contribution in [1.82, 2.24) is 0 Å². The van der Waals surface area contributed by atoms with E-state index in [9.17, 15) is 26.7 Å². The molecule has 0 radical (unpaired) electrons. The largest absolute Gasteiger partial charge is 0.466 e. The van der Waals surface area contributed by atoms with Crippen molar-refractivity contribution in [3.63, 3.8) is 0 Å². The van der Waals surface area contributed by atoms with Gasteiger partial charge in [-0.15, -0.1) is 6.58 Å². The van der Waals surface area contributed by atoms with E-state index in [0.717, 1.165) is 32.1 Å². The fourth-order valence-electron chi connectivity index (χ4n) is 2.39. The molecule has 0 amide bonds. The molecule has 2 nitrogen and oxygen atoms in total. The zero-order valence-corrected chi connectivity index (χ0v) is 14.1. The normalized spacial score (nSPS) is 13.6. The van der Waals surface area contributed by atoms with Gasteiger partial charge in [0, 0.05) is 6.42 Å². The summed E-state index contributed by atoms with van der Waals surface area (Å²) in [5, 5.41) is 0. The molecule has 0 heterocycles. The number of ether oxygens (including phenoxy) is 1. The van der Waals surface area contributed by atoms with Gasteiger partial charge in [-0.05, 0) is 39.0 Å². The summed E-state index contributed by atoms with van der Waals surface area (Å²) in [6.45, 7) is 5.41. The average molecular weight is 358 g/mol. The first-order valence-corrected chi connectivity index (χ1v) is 8.37. The number of alkyl halides is 5. The molecule has 1 unspecified atom stereocenters. The molecule has 0 aromatic rings. The molecule has 142 valence electrons. The predicted molar refractivity (Wildman–Crippen MR) is 82.9 cm³/mol. The number of halogens is 5. The van der Waals surface area contributed by atoms with E-state index in [0.29, 0.717) is 6.42 Å². The molecule has 1 atom stereocenters. The molecule has 0 aliphatic carbocycles. The predicted octanol–water partition coefficient (Wildman–Crippen LogP) is 6.06. The van der Waals surface area contributed by atoms with Crippen LogP contribution in [0.5, 0.6) is 0 Å². The lowest BCUT2D eigenvalue weighted by Gasteiger charge is -2.21. The van der Waals surface area contributed by atoms with Gasteiger partial charge in [0.25, 0.3) is 0 Å². The highest BCUT2D eigenvalue weighted by Gasteiger charge is 2.56. The quantitative estimate of drug-likeness (QED) is 0.173. The number of carbonyl (C=O) groups excluding carboxylic acids is 1. The number of esters is 1. The number of hydrogen-bond donors (Lipinski definition) is 0. The highest BCUT2D eigenvalue weighted by molar-refractivity contribution is 5.72. The summed E-state index contributed by atoms with van der Waals surface area (Å²) in [5.41, 5.74) is 0. The molecule has 0 aromatic heterocycles. The minimum absolute atomic E-state index is 0.0167. The third-order valence-corrected chi connectivity index (χ3v) is 3.79. The van der Waals surface area contributed by atoms with Gasteiger partial charge in [-0.1, -0.05) is 25.3 Å². The molecule has 0 saturated carbocycles. The highest BCUT2D eigenvalue weighted by Crippen LogP contribution is 2.39. The van der Waals surface area contributed by atoms with Crippen molar-refractivity contribution in [2.75, 3.05) is 6.61 Å². The molecule has 0 aliphatic rings. The summed E-state index contributed by atoms with van der Waals surface area (Å²) in [7, 11) is 0. The summed E-state index contributed by atoms with van der Waals surface area (Å²) >= 11 is 0. The molecule has 0 spiro atoms. The van der Waals surface area contributed by atoms with E-state index in [-0.39, 0.29) is 19.4 Å². The van der Waals surface area contributed by atoms with Gasteiger partial charge in [0.2, 0.25) is 0 Å². The monoisotopic (exact) mass is 358 g/mol. The van der Waals surface area contributed by atoms with Gasteiger partial charge in [-0.2, -0.15) is 22.0 Å². The first-order chi connectivity index (χ1) is 11.2. The van der Waals surface area contributed by atoms with Gasteiger partial charge in [0.1, 0.15) is 0 Å². The Kier molecular flexibility index (Phi) is 10.9. The molecule has 24 heavy (non-hydrogen) atoms. The van der Waals surface area contributed by atoms with Crippen LogP contribution in [0.3, 0.4) is 0 Å². The van der Waals surface area contributed by atoms with Crippen molar-refractivity contribution in [3.05, 3.63) is 12.7 Å². The Morgan fingerprint density at radius 2 is 1.62 bits per heavy atom. The molecule has 7 heteroatoms. The zero-order valence-electron chi connectivity index (χ0n) is 14.1. The molecule has 0 aromatic carbocycles. The Bertz CT molecular complexity index is 366. The van der Waals surface area contributed by atoms with E-state index in [4.69, 9.17) is 4.74 Å². The molecule has 0 bridgehead atoms. The van der Waals surface area contributed by atoms with Crippen molar-refractivity contribution >= 4 is 5.97 Å². The van der Waals surface area contributed by atoms with Crippen molar-refractivity contribution in [3.8, 4) is 0 Å². The summed E-state index contributed by atoms with van der Waals surface area (Å²) in [6, 6.07) is 0. The zero-order chi connectivity index (χ0) is 18.6. The number of carbonyl (C=O) groups is 1. The van der Waals surface area contributed by atoms with Gasteiger partial charge in [-0.3, -0.25) is 4.79 Å². The topological polar surface area (TPSA) is 26.3 Å². The van der Waals surface area contributed by atoms with Gasteiger partial charge in [0.15, 0.2) is 0 Å². The lowest BCUT2D eigenvalue weighted by Crippen LogP contribution is -2.36. The molecular formula is C17H27F5O2. The van der Waals surface area contributed by atoms with Gasteiger partial charge in [-0.25, -0.2) is 0 Å². The van der Waals surface area contributed by atoms with Gasteiger partial charge in [0.05, 0.1) is 12.5 Å². The second kappa shape index (κ2) is 11.4. The molecule has 0 N–H and O–H groups in total. The summed E-state index contributed by atoms with van der Waals surface area (Å²) < 4.78 is 67.1. The Morgan fingerprint density at radius 3 is 2.17 bits per heavy atom. The minimum atomic E-state index is -5.54. The second-order valence-corrected chi connectivity index (χ2v) is 5.82. The number of rotatable bonds is 13. The maximum absolute atomic E-state index is 12.9. The van der Waals surface area contributed by atoms with E-state index < -0.39 is 30.4 Å². The molecule has 0 fully saturated rings. The van der Waals surface area contributed by atoms with Gasteiger partial charge < -0.3 is 4.74 Å². The number of hydrogen-bond acceptors (Lipinski definition) is 2. The second-order valence-electron chi connectivity index (χ2n) is 5.82. The molecule has 0 aliphatic heterocycles. The highest BCUT2D eigenvalue weighted by atomic mass is 19.4. The van der Waals surface area contributed by atoms with E-state index >= 15 is 0 Å². The van der Waals surface area contributed by atoms with E-state index in [1.165, 1.54) is 0 Å². The van der Waals surface area contributed by atoms with E-state index in [2.05, 4.69) is 6.58 Å².